The van der Waals surface area contributed by atoms with E-state index in [9.17, 15) is 0 Å². The van der Waals surface area contributed by atoms with E-state index < -0.39 is 0 Å². The van der Waals surface area contributed by atoms with Gasteiger partial charge in [-0.1, -0.05) is 41.7 Å². The Labute approximate surface area is 118 Å². The maximum Gasteiger partial charge on any atom is 0.234 e. The number of nitrogens with zero attached hydrogens (tertiary/aromatic N) is 1. The predicted molar refractivity (Wildman–Crippen MR) is 64.1 cm³/mol. The fourth-order valence-electron chi connectivity index (χ4n) is 1.77. The average molecular weight is 345 g/mol. The SMILES string of the molecule is Cc1csc(C)[n+]1CCc1ccccc1.[I-]. The monoisotopic (exact) mass is 345 g/mol. The van der Waals surface area contributed by atoms with E-state index >= 15 is 0 Å². The van der Waals surface area contributed by atoms with E-state index in [2.05, 4.69) is 54.1 Å². The van der Waals surface area contributed by atoms with Crippen LogP contribution in [0.4, 0.5) is 0 Å². The first kappa shape index (κ1) is 13.6. The van der Waals surface area contributed by atoms with Gasteiger partial charge in [-0.2, -0.15) is 4.57 Å². The van der Waals surface area contributed by atoms with Crippen molar-refractivity contribution in [2.24, 2.45) is 0 Å². The molecule has 0 N–H and O–H groups in total. The van der Waals surface area contributed by atoms with Crippen LogP contribution in [0.5, 0.6) is 0 Å². The van der Waals surface area contributed by atoms with Gasteiger partial charge >= 0.3 is 0 Å². The molecule has 1 nitrogen and oxygen atoms in total. The Kier molecular flexibility index (Phi) is 5.41. The van der Waals surface area contributed by atoms with Crippen LogP contribution in [0.25, 0.3) is 0 Å². The largest absolute Gasteiger partial charge is 1.00 e. The van der Waals surface area contributed by atoms with Gasteiger partial charge in [-0.15, -0.1) is 0 Å². The number of aromatic nitrogens is 1. The number of hydrogen-bond donors (Lipinski definition) is 0. The molecule has 1 heterocycles. The molecule has 0 amide bonds. The van der Waals surface area contributed by atoms with Gasteiger partial charge in [0.05, 0.1) is 5.38 Å². The predicted octanol–water partition coefficient (Wildman–Crippen LogP) is -0.101. The molecule has 0 unspecified atom stereocenters. The van der Waals surface area contributed by atoms with E-state index in [1.165, 1.54) is 16.3 Å². The fourth-order valence-corrected chi connectivity index (χ4v) is 2.60. The van der Waals surface area contributed by atoms with Crippen LogP contribution < -0.4 is 28.5 Å². The number of benzene rings is 1. The third-order valence-corrected chi connectivity index (χ3v) is 3.69. The summed E-state index contributed by atoms with van der Waals surface area (Å²) in [5.74, 6) is 0. The zero-order valence-electron chi connectivity index (χ0n) is 9.61. The Morgan fingerprint density at radius 2 is 1.81 bits per heavy atom. The Balaban J connectivity index is 0.00000128. The maximum absolute atomic E-state index is 2.39. The van der Waals surface area contributed by atoms with Crippen LogP contribution in [0, 0.1) is 13.8 Å². The lowest BCUT2D eigenvalue weighted by Gasteiger charge is -1.98. The zero-order chi connectivity index (χ0) is 10.7. The Morgan fingerprint density at radius 3 is 2.38 bits per heavy atom. The third kappa shape index (κ3) is 3.28. The van der Waals surface area contributed by atoms with Crippen LogP contribution in [0.3, 0.4) is 0 Å². The van der Waals surface area contributed by atoms with Crippen molar-refractivity contribution in [1.29, 1.82) is 0 Å². The second kappa shape index (κ2) is 6.35. The second-order valence-corrected chi connectivity index (χ2v) is 4.85. The highest BCUT2D eigenvalue weighted by Crippen LogP contribution is 2.06. The lowest BCUT2D eigenvalue weighted by molar-refractivity contribution is -0.703. The lowest BCUT2D eigenvalue weighted by atomic mass is 10.1. The zero-order valence-corrected chi connectivity index (χ0v) is 12.6. The van der Waals surface area contributed by atoms with E-state index in [-0.39, 0.29) is 24.0 Å². The summed E-state index contributed by atoms with van der Waals surface area (Å²) >= 11 is 1.83. The molecular formula is C13H16INS. The minimum Gasteiger partial charge on any atom is -1.00 e. The van der Waals surface area contributed by atoms with Gasteiger partial charge in [0.25, 0.3) is 0 Å². The molecule has 0 aliphatic rings. The summed E-state index contributed by atoms with van der Waals surface area (Å²) in [4.78, 5) is 0. The van der Waals surface area contributed by atoms with Crippen LogP contribution in [-0.2, 0) is 13.0 Å². The van der Waals surface area contributed by atoms with Gasteiger partial charge in [0.15, 0.2) is 12.2 Å². The molecule has 0 saturated carbocycles. The van der Waals surface area contributed by atoms with Gasteiger partial charge in [0.1, 0.15) is 0 Å². The Bertz CT molecular complexity index is 417. The molecule has 3 heteroatoms. The van der Waals surface area contributed by atoms with Gasteiger partial charge < -0.3 is 24.0 Å². The average Bonchev–Trinajstić information content (AvgIpc) is 2.58. The van der Waals surface area contributed by atoms with Crippen molar-refractivity contribution in [1.82, 2.24) is 0 Å². The van der Waals surface area contributed by atoms with E-state index in [1.807, 2.05) is 11.3 Å². The maximum atomic E-state index is 2.39. The first-order chi connectivity index (χ1) is 7.27. The molecule has 0 aliphatic carbocycles. The molecule has 0 bridgehead atoms. The van der Waals surface area contributed by atoms with Crippen LogP contribution in [-0.4, -0.2) is 0 Å². The molecule has 86 valence electrons. The molecule has 1 aromatic heterocycles. The molecule has 1 aromatic carbocycles. The lowest BCUT2D eigenvalue weighted by Crippen LogP contribution is -3.00. The molecule has 16 heavy (non-hydrogen) atoms. The number of thiazole rings is 1. The minimum atomic E-state index is 0. The molecule has 0 aliphatic heterocycles. The van der Waals surface area contributed by atoms with Gasteiger partial charge in [0, 0.05) is 20.3 Å². The van der Waals surface area contributed by atoms with Gasteiger partial charge in [-0.25, -0.2) is 0 Å². The van der Waals surface area contributed by atoms with Crippen molar-refractivity contribution in [3.8, 4) is 0 Å². The third-order valence-electron chi connectivity index (χ3n) is 2.67. The summed E-state index contributed by atoms with van der Waals surface area (Å²) in [6.45, 7) is 5.45. The topological polar surface area (TPSA) is 3.88 Å². The van der Waals surface area contributed by atoms with Crippen molar-refractivity contribution >= 4 is 11.3 Å². The summed E-state index contributed by atoms with van der Waals surface area (Å²) in [6.07, 6.45) is 1.12. The molecule has 0 fully saturated rings. The quantitative estimate of drug-likeness (QED) is 0.540. The molecule has 2 aromatic rings. The summed E-state index contributed by atoms with van der Waals surface area (Å²) in [5, 5.41) is 3.61. The summed E-state index contributed by atoms with van der Waals surface area (Å²) in [7, 11) is 0. The van der Waals surface area contributed by atoms with Crippen molar-refractivity contribution in [3.63, 3.8) is 0 Å². The minimum absolute atomic E-state index is 0. The number of aryl methyl sites for hydroxylation is 3. The molecule has 0 atom stereocenters. The first-order valence-electron chi connectivity index (χ1n) is 5.26. The Hall–Kier alpha value is -0.420. The summed E-state index contributed by atoms with van der Waals surface area (Å²) in [6, 6.07) is 10.7. The van der Waals surface area contributed by atoms with Crippen molar-refractivity contribution in [2.45, 2.75) is 26.8 Å². The molecule has 2 rings (SSSR count). The normalized spacial score (nSPS) is 9.88. The standard InChI is InChI=1S/C13H16NS.HI/c1-11-10-15-12(2)14(11)9-8-13-6-4-3-5-7-13;/h3-7,10H,8-9H2,1-2H3;1H/q+1;/p-1. The van der Waals surface area contributed by atoms with Crippen LogP contribution in [0.1, 0.15) is 16.3 Å². The van der Waals surface area contributed by atoms with Crippen LogP contribution in [0.15, 0.2) is 35.7 Å². The molecular weight excluding hydrogens is 329 g/mol. The number of rotatable bonds is 3. The van der Waals surface area contributed by atoms with Gasteiger partial charge in [0.2, 0.25) is 5.01 Å². The second-order valence-electron chi connectivity index (χ2n) is 3.78. The summed E-state index contributed by atoms with van der Waals surface area (Å²) < 4.78 is 2.39. The first-order valence-corrected chi connectivity index (χ1v) is 6.14. The van der Waals surface area contributed by atoms with E-state index in [4.69, 9.17) is 0 Å². The highest BCUT2D eigenvalue weighted by Gasteiger charge is 2.12. The molecule has 0 saturated heterocycles. The van der Waals surface area contributed by atoms with E-state index in [1.54, 1.807) is 0 Å². The van der Waals surface area contributed by atoms with Gasteiger partial charge in [-0.05, 0) is 5.56 Å². The number of hydrogen-bond acceptors (Lipinski definition) is 1. The Morgan fingerprint density at radius 1 is 1.12 bits per heavy atom. The van der Waals surface area contributed by atoms with Gasteiger partial charge in [-0.3, -0.25) is 0 Å². The molecule has 0 spiro atoms. The fraction of sp³-hybridized carbons (Fsp3) is 0.308. The number of halogens is 1. The van der Waals surface area contributed by atoms with E-state index in [0.29, 0.717) is 0 Å². The van der Waals surface area contributed by atoms with Crippen molar-refractivity contribution in [3.05, 3.63) is 52.0 Å². The molecule has 0 radical (unpaired) electrons. The van der Waals surface area contributed by atoms with Crippen LogP contribution >= 0.6 is 11.3 Å². The van der Waals surface area contributed by atoms with Crippen molar-refractivity contribution < 1.29 is 28.5 Å². The highest BCUT2D eigenvalue weighted by molar-refractivity contribution is 7.09. The smallest absolute Gasteiger partial charge is 0.234 e. The van der Waals surface area contributed by atoms with E-state index in [0.717, 1.165) is 13.0 Å². The van der Waals surface area contributed by atoms with Crippen LogP contribution in [0.2, 0.25) is 0 Å². The van der Waals surface area contributed by atoms with Crippen molar-refractivity contribution in [2.75, 3.05) is 0 Å². The highest BCUT2D eigenvalue weighted by atomic mass is 127. The summed E-state index contributed by atoms with van der Waals surface area (Å²) in [5.41, 5.74) is 2.78.